The number of carbonyl (C=O) groups is 1. The summed E-state index contributed by atoms with van der Waals surface area (Å²) in [5.41, 5.74) is 0.193. The third kappa shape index (κ3) is 4.15. The first-order valence-corrected chi connectivity index (χ1v) is 8.28. The number of rotatable bonds is 3. The van der Waals surface area contributed by atoms with Gasteiger partial charge in [0.1, 0.15) is 5.82 Å². The molecule has 0 radical (unpaired) electrons. The molecule has 138 valence electrons. The van der Waals surface area contributed by atoms with E-state index in [1.54, 1.807) is 28.0 Å². The van der Waals surface area contributed by atoms with E-state index < -0.39 is 11.7 Å². The maximum atomic E-state index is 13.2. The fourth-order valence-electron chi connectivity index (χ4n) is 3.07. The van der Waals surface area contributed by atoms with Crippen molar-refractivity contribution >= 4 is 11.6 Å². The standard InChI is InChI=1S/C19H18F4N2O/c20-15-7-5-14(6-8-15)13-18(26)25-11-9-24(10-12-25)17-4-2-1-3-16(17)19(21,22)23/h1-8H,9-13H2. The zero-order valence-electron chi connectivity index (χ0n) is 14.0. The van der Waals surface area contributed by atoms with Crippen LogP contribution in [-0.2, 0) is 17.4 Å². The summed E-state index contributed by atoms with van der Waals surface area (Å²) in [6.45, 7) is 1.38. The monoisotopic (exact) mass is 366 g/mol. The smallest absolute Gasteiger partial charge is 0.367 e. The molecule has 0 aliphatic carbocycles. The Labute approximate surface area is 148 Å². The van der Waals surface area contributed by atoms with Crippen molar-refractivity contribution in [1.82, 2.24) is 4.90 Å². The van der Waals surface area contributed by atoms with Gasteiger partial charge in [0.05, 0.1) is 12.0 Å². The lowest BCUT2D eigenvalue weighted by Crippen LogP contribution is -2.49. The molecule has 0 spiro atoms. The molecule has 0 saturated carbocycles. The molecular weight excluding hydrogens is 348 g/mol. The number of halogens is 4. The first kappa shape index (κ1) is 18.2. The molecule has 0 unspecified atom stereocenters. The van der Waals surface area contributed by atoms with Crippen LogP contribution in [0.1, 0.15) is 11.1 Å². The van der Waals surface area contributed by atoms with Crippen LogP contribution in [0.15, 0.2) is 48.5 Å². The lowest BCUT2D eigenvalue weighted by Gasteiger charge is -2.37. The summed E-state index contributed by atoms with van der Waals surface area (Å²) in [4.78, 5) is 15.6. The lowest BCUT2D eigenvalue weighted by atomic mass is 10.1. The highest BCUT2D eigenvalue weighted by Gasteiger charge is 2.35. The molecule has 2 aromatic carbocycles. The minimum Gasteiger partial charge on any atom is -0.367 e. The number of carbonyl (C=O) groups excluding carboxylic acids is 1. The van der Waals surface area contributed by atoms with Crippen LogP contribution >= 0.6 is 0 Å². The number of nitrogens with zero attached hydrogens (tertiary/aromatic N) is 2. The second kappa shape index (κ2) is 7.35. The lowest BCUT2D eigenvalue weighted by molar-refractivity contribution is -0.137. The second-order valence-electron chi connectivity index (χ2n) is 6.19. The number of benzene rings is 2. The quantitative estimate of drug-likeness (QED) is 0.773. The van der Waals surface area contributed by atoms with Gasteiger partial charge in [-0.2, -0.15) is 13.2 Å². The highest BCUT2D eigenvalue weighted by Crippen LogP contribution is 2.36. The van der Waals surface area contributed by atoms with E-state index in [4.69, 9.17) is 0 Å². The summed E-state index contributed by atoms with van der Waals surface area (Å²) >= 11 is 0. The first-order valence-electron chi connectivity index (χ1n) is 8.28. The molecule has 3 rings (SSSR count). The normalized spacial score (nSPS) is 15.2. The molecule has 26 heavy (non-hydrogen) atoms. The Kier molecular flexibility index (Phi) is 5.15. The van der Waals surface area contributed by atoms with Crippen molar-refractivity contribution in [3.63, 3.8) is 0 Å². The van der Waals surface area contributed by atoms with Gasteiger partial charge in [-0.25, -0.2) is 4.39 Å². The van der Waals surface area contributed by atoms with E-state index in [2.05, 4.69) is 0 Å². The largest absolute Gasteiger partial charge is 0.418 e. The van der Waals surface area contributed by atoms with Gasteiger partial charge >= 0.3 is 6.18 Å². The topological polar surface area (TPSA) is 23.6 Å². The van der Waals surface area contributed by atoms with Crippen molar-refractivity contribution in [2.75, 3.05) is 31.1 Å². The summed E-state index contributed by atoms with van der Waals surface area (Å²) in [6.07, 6.45) is -4.26. The van der Waals surface area contributed by atoms with E-state index >= 15 is 0 Å². The van der Waals surface area contributed by atoms with Crippen molar-refractivity contribution in [3.8, 4) is 0 Å². The van der Waals surface area contributed by atoms with Crippen molar-refractivity contribution < 1.29 is 22.4 Å². The van der Waals surface area contributed by atoms with Crippen LogP contribution in [0.5, 0.6) is 0 Å². The predicted octanol–water partition coefficient (Wildman–Crippen LogP) is 3.74. The zero-order chi connectivity index (χ0) is 18.7. The molecule has 0 atom stereocenters. The molecule has 0 aromatic heterocycles. The maximum absolute atomic E-state index is 13.2. The first-order chi connectivity index (χ1) is 12.3. The fourth-order valence-corrected chi connectivity index (χ4v) is 3.07. The molecule has 1 amide bonds. The Balaban J connectivity index is 1.63. The summed E-state index contributed by atoms with van der Waals surface area (Å²) in [5, 5.41) is 0. The van der Waals surface area contributed by atoms with Crippen LogP contribution in [0, 0.1) is 5.82 Å². The number of para-hydroxylation sites is 1. The van der Waals surface area contributed by atoms with Gasteiger partial charge in [0.2, 0.25) is 5.91 Å². The number of anilines is 1. The van der Waals surface area contributed by atoms with Crippen LogP contribution < -0.4 is 4.90 Å². The van der Waals surface area contributed by atoms with Gasteiger partial charge in [-0.3, -0.25) is 4.79 Å². The molecule has 3 nitrogen and oxygen atoms in total. The summed E-state index contributed by atoms with van der Waals surface area (Å²) in [5.74, 6) is -0.474. The van der Waals surface area contributed by atoms with Gasteiger partial charge in [-0.05, 0) is 29.8 Å². The highest BCUT2D eigenvalue weighted by molar-refractivity contribution is 5.79. The molecule has 1 saturated heterocycles. The second-order valence-corrected chi connectivity index (χ2v) is 6.19. The molecule has 1 heterocycles. The fraction of sp³-hybridized carbons (Fsp3) is 0.316. The minimum absolute atomic E-state index is 0.111. The molecule has 1 fully saturated rings. The molecule has 0 N–H and O–H groups in total. The van der Waals surface area contributed by atoms with Gasteiger partial charge in [-0.1, -0.05) is 24.3 Å². The number of hydrogen-bond donors (Lipinski definition) is 0. The SMILES string of the molecule is O=C(Cc1ccc(F)cc1)N1CCN(c2ccccc2C(F)(F)F)CC1. The Morgan fingerprint density at radius 3 is 2.15 bits per heavy atom. The van der Waals surface area contributed by atoms with Gasteiger partial charge in [-0.15, -0.1) is 0 Å². The summed E-state index contributed by atoms with van der Waals surface area (Å²) < 4.78 is 52.4. The number of alkyl halides is 3. The molecule has 1 aliphatic rings. The highest BCUT2D eigenvalue weighted by atomic mass is 19.4. The Hall–Kier alpha value is -2.57. The average Bonchev–Trinajstić information content (AvgIpc) is 2.63. The van der Waals surface area contributed by atoms with E-state index in [0.29, 0.717) is 31.7 Å². The molecule has 0 bridgehead atoms. The molecule has 2 aromatic rings. The van der Waals surface area contributed by atoms with Crippen molar-refractivity contribution in [3.05, 3.63) is 65.5 Å². The molecular formula is C19H18F4N2O. The Morgan fingerprint density at radius 2 is 1.54 bits per heavy atom. The van der Waals surface area contributed by atoms with E-state index in [0.717, 1.165) is 6.07 Å². The van der Waals surface area contributed by atoms with E-state index in [-0.39, 0.29) is 23.8 Å². The minimum atomic E-state index is -4.41. The van der Waals surface area contributed by atoms with Crippen LogP contribution in [0.25, 0.3) is 0 Å². The molecule has 1 aliphatic heterocycles. The average molecular weight is 366 g/mol. The third-order valence-electron chi connectivity index (χ3n) is 4.45. The van der Waals surface area contributed by atoms with E-state index in [1.165, 1.54) is 24.3 Å². The van der Waals surface area contributed by atoms with Crippen LogP contribution in [0.3, 0.4) is 0 Å². The zero-order valence-corrected chi connectivity index (χ0v) is 14.0. The van der Waals surface area contributed by atoms with Gasteiger partial charge < -0.3 is 9.80 Å². The third-order valence-corrected chi connectivity index (χ3v) is 4.45. The van der Waals surface area contributed by atoms with Gasteiger partial charge in [0.15, 0.2) is 0 Å². The van der Waals surface area contributed by atoms with Crippen LogP contribution in [0.4, 0.5) is 23.2 Å². The van der Waals surface area contributed by atoms with Gasteiger partial charge in [0, 0.05) is 31.9 Å². The maximum Gasteiger partial charge on any atom is 0.418 e. The molecule has 7 heteroatoms. The Morgan fingerprint density at radius 1 is 0.923 bits per heavy atom. The van der Waals surface area contributed by atoms with E-state index in [9.17, 15) is 22.4 Å². The number of piperazine rings is 1. The number of amides is 1. The predicted molar refractivity (Wildman–Crippen MR) is 90.3 cm³/mol. The van der Waals surface area contributed by atoms with Crippen molar-refractivity contribution in [2.24, 2.45) is 0 Å². The van der Waals surface area contributed by atoms with Gasteiger partial charge in [0.25, 0.3) is 0 Å². The Bertz CT molecular complexity index is 766. The van der Waals surface area contributed by atoms with Crippen molar-refractivity contribution in [1.29, 1.82) is 0 Å². The number of hydrogen-bond acceptors (Lipinski definition) is 2. The van der Waals surface area contributed by atoms with Crippen molar-refractivity contribution in [2.45, 2.75) is 12.6 Å². The van der Waals surface area contributed by atoms with Crippen LogP contribution in [0.2, 0.25) is 0 Å². The van der Waals surface area contributed by atoms with E-state index in [1.807, 2.05) is 0 Å². The summed E-state index contributed by atoms with van der Waals surface area (Å²) in [7, 11) is 0. The van der Waals surface area contributed by atoms with Crippen LogP contribution in [-0.4, -0.2) is 37.0 Å². The summed E-state index contributed by atoms with van der Waals surface area (Å²) in [6, 6.07) is 11.2.